The van der Waals surface area contributed by atoms with Gasteiger partial charge in [0.1, 0.15) is 5.01 Å². The largest absolute Gasteiger partial charge is 0.379 e. The molecule has 0 saturated carbocycles. The molecule has 0 bridgehead atoms. The summed E-state index contributed by atoms with van der Waals surface area (Å²) in [5, 5.41) is 6.60. The minimum atomic E-state index is 0.121. The maximum atomic E-state index is 5.56. The van der Waals surface area contributed by atoms with Gasteiger partial charge in [0.25, 0.3) is 0 Å². The highest BCUT2D eigenvalue weighted by Crippen LogP contribution is 2.12. The molecule has 0 fully saturated rings. The fraction of sp³-hybridized carbons (Fsp3) is 0.800. The molecule has 0 saturated heterocycles. The molecule has 1 N–H and O–H groups in total. The monoisotopic (exact) mass is 300 g/mol. The van der Waals surface area contributed by atoms with Gasteiger partial charge in [-0.1, -0.05) is 13.8 Å². The highest BCUT2D eigenvalue weighted by Gasteiger charge is 2.10. The second kappa shape index (κ2) is 8.72. The van der Waals surface area contributed by atoms with E-state index in [2.05, 4.69) is 50.3 Å². The Morgan fingerprint density at radius 3 is 2.60 bits per heavy atom. The minimum Gasteiger partial charge on any atom is -0.379 e. The van der Waals surface area contributed by atoms with Crippen molar-refractivity contribution in [1.82, 2.24) is 10.3 Å². The number of nitrogens with one attached hydrogen (secondary N) is 1. The third-order valence-electron chi connectivity index (χ3n) is 2.44. The Hall–Kier alpha value is -0.490. The first-order valence-corrected chi connectivity index (χ1v) is 8.08. The molecule has 0 atom stereocenters. The van der Waals surface area contributed by atoms with Gasteiger partial charge in [0.15, 0.2) is 0 Å². The lowest BCUT2D eigenvalue weighted by atomic mass is 10.1. The Bertz CT molecular complexity index is 372. The van der Waals surface area contributed by atoms with Crippen molar-refractivity contribution in [2.75, 3.05) is 19.8 Å². The predicted molar refractivity (Wildman–Crippen MR) is 84.0 cm³/mol. The quantitative estimate of drug-likeness (QED) is 0.711. The Labute approximate surface area is 126 Å². The first kappa shape index (κ1) is 17.6. The second-order valence-electron chi connectivity index (χ2n) is 6.36. The fourth-order valence-electron chi connectivity index (χ4n) is 1.45. The number of hydrogen-bond donors (Lipinski definition) is 1. The van der Waals surface area contributed by atoms with Gasteiger partial charge in [-0.3, -0.25) is 0 Å². The maximum Gasteiger partial charge on any atom is 0.107 e. The molecule has 1 rings (SSSR count). The van der Waals surface area contributed by atoms with E-state index in [0.29, 0.717) is 25.7 Å². The second-order valence-corrected chi connectivity index (χ2v) is 7.30. The average Bonchev–Trinajstić information content (AvgIpc) is 2.78. The van der Waals surface area contributed by atoms with Gasteiger partial charge in [0.05, 0.1) is 25.5 Å². The van der Waals surface area contributed by atoms with E-state index in [1.807, 2.05) is 0 Å². The van der Waals surface area contributed by atoms with Gasteiger partial charge >= 0.3 is 0 Å². The van der Waals surface area contributed by atoms with Crippen LogP contribution in [-0.4, -0.2) is 30.3 Å². The van der Waals surface area contributed by atoms with E-state index in [9.17, 15) is 0 Å². The van der Waals surface area contributed by atoms with Gasteiger partial charge in [0, 0.05) is 24.1 Å². The standard InChI is InChI=1S/C15H28N2O2S/c1-12(2)9-18-6-7-19-10-13-11-20-14(17-13)8-16-15(3,4)5/h11-12,16H,6-10H2,1-5H3. The summed E-state index contributed by atoms with van der Waals surface area (Å²) in [6.45, 7) is 14.2. The third-order valence-corrected chi connectivity index (χ3v) is 3.34. The summed E-state index contributed by atoms with van der Waals surface area (Å²) in [5.41, 5.74) is 1.13. The van der Waals surface area contributed by atoms with Crippen molar-refractivity contribution < 1.29 is 9.47 Å². The van der Waals surface area contributed by atoms with Crippen molar-refractivity contribution in [1.29, 1.82) is 0 Å². The minimum absolute atomic E-state index is 0.121. The number of aromatic nitrogens is 1. The summed E-state index contributed by atoms with van der Waals surface area (Å²) in [5.74, 6) is 0.575. The molecule has 20 heavy (non-hydrogen) atoms. The molecule has 1 heterocycles. The highest BCUT2D eigenvalue weighted by molar-refractivity contribution is 7.09. The average molecular weight is 300 g/mol. The van der Waals surface area contributed by atoms with Crippen LogP contribution in [-0.2, 0) is 22.6 Å². The van der Waals surface area contributed by atoms with Crippen molar-refractivity contribution in [2.24, 2.45) is 5.92 Å². The first-order chi connectivity index (χ1) is 9.37. The summed E-state index contributed by atoms with van der Waals surface area (Å²) in [6, 6.07) is 0. The van der Waals surface area contributed by atoms with Crippen LogP contribution in [0.2, 0.25) is 0 Å². The molecule has 0 aromatic carbocycles. The van der Waals surface area contributed by atoms with Gasteiger partial charge in [-0.25, -0.2) is 4.98 Å². The van der Waals surface area contributed by atoms with Gasteiger partial charge < -0.3 is 14.8 Å². The lowest BCUT2D eigenvalue weighted by Crippen LogP contribution is -2.35. The molecule has 1 aromatic rings. The molecule has 0 aliphatic rings. The Morgan fingerprint density at radius 2 is 1.95 bits per heavy atom. The molecule has 0 spiro atoms. The van der Waals surface area contributed by atoms with Gasteiger partial charge in [-0.15, -0.1) is 11.3 Å². The number of ether oxygens (including phenoxy) is 2. The summed E-state index contributed by atoms with van der Waals surface area (Å²) in [4.78, 5) is 4.55. The van der Waals surface area contributed by atoms with Crippen LogP contribution in [0.4, 0.5) is 0 Å². The number of rotatable bonds is 9. The molecule has 0 unspecified atom stereocenters. The summed E-state index contributed by atoms with van der Waals surface area (Å²) in [6.07, 6.45) is 0. The first-order valence-electron chi connectivity index (χ1n) is 7.20. The van der Waals surface area contributed by atoms with Crippen molar-refractivity contribution in [3.05, 3.63) is 16.1 Å². The molecule has 1 aromatic heterocycles. The summed E-state index contributed by atoms with van der Waals surface area (Å²) < 4.78 is 11.0. The maximum absolute atomic E-state index is 5.56. The van der Waals surface area contributed by atoms with Crippen LogP contribution in [0.3, 0.4) is 0 Å². The van der Waals surface area contributed by atoms with Crippen LogP contribution >= 0.6 is 11.3 Å². The van der Waals surface area contributed by atoms with Crippen molar-refractivity contribution in [3.63, 3.8) is 0 Å². The summed E-state index contributed by atoms with van der Waals surface area (Å²) >= 11 is 1.68. The van der Waals surface area contributed by atoms with E-state index >= 15 is 0 Å². The summed E-state index contributed by atoms with van der Waals surface area (Å²) in [7, 11) is 0. The molecule has 0 aliphatic carbocycles. The van der Waals surface area contributed by atoms with E-state index in [1.54, 1.807) is 11.3 Å². The Morgan fingerprint density at radius 1 is 1.25 bits per heavy atom. The van der Waals surface area contributed by atoms with Crippen LogP contribution in [0.5, 0.6) is 0 Å². The van der Waals surface area contributed by atoms with Crippen molar-refractivity contribution >= 4 is 11.3 Å². The predicted octanol–water partition coefficient (Wildman–Crippen LogP) is 3.22. The molecule has 116 valence electrons. The zero-order valence-electron chi connectivity index (χ0n) is 13.4. The lowest BCUT2D eigenvalue weighted by molar-refractivity contribution is 0.0306. The number of thiazole rings is 1. The number of hydrogen-bond acceptors (Lipinski definition) is 5. The molecule has 4 nitrogen and oxygen atoms in total. The van der Waals surface area contributed by atoms with E-state index in [4.69, 9.17) is 9.47 Å². The SMILES string of the molecule is CC(C)COCCOCc1csc(CNC(C)(C)C)n1. The van der Waals surface area contributed by atoms with E-state index in [1.165, 1.54) is 0 Å². The smallest absolute Gasteiger partial charge is 0.107 e. The Kier molecular flexibility index (Phi) is 7.66. The number of nitrogens with zero attached hydrogens (tertiary/aromatic N) is 1. The Balaban J connectivity index is 2.14. The zero-order chi connectivity index (χ0) is 15.0. The zero-order valence-corrected chi connectivity index (χ0v) is 14.2. The van der Waals surface area contributed by atoms with Crippen LogP contribution in [0.25, 0.3) is 0 Å². The van der Waals surface area contributed by atoms with Crippen molar-refractivity contribution in [3.8, 4) is 0 Å². The third kappa shape index (κ3) is 8.64. The van der Waals surface area contributed by atoms with Crippen LogP contribution < -0.4 is 5.32 Å². The van der Waals surface area contributed by atoms with Gasteiger partial charge in [-0.05, 0) is 26.7 Å². The normalized spacial score (nSPS) is 12.3. The van der Waals surface area contributed by atoms with Crippen molar-refractivity contribution in [2.45, 2.75) is 53.3 Å². The van der Waals surface area contributed by atoms with Crippen LogP contribution in [0.1, 0.15) is 45.3 Å². The van der Waals surface area contributed by atoms with E-state index < -0.39 is 0 Å². The molecule has 0 aliphatic heterocycles. The van der Waals surface area contributed by atoms with Gasteiger partial charge in [0.2, 0.25) is 0 Å². The fourth-order valence-corrected chi connectivity index (χ4v) is 2.17. The van der Waals surface area contributed by atoms with E-state index in [-0.39, 0.29) is 5.54 Å². The molecular weight excluding hydrogens is 272 g/mol. The van der Waals surface area contributed by atoms with Crippen LogP contribution in [0.15, 0.2) is 5.38 Å². The van der Waals surface area contributed by atoms with Gasteiger partial charge in [-0.2, -0.15) is 0 Å². The topological polar surface area (TPSA) is 43.4 Å². The highest BCUT2D eigenvalue weighted by atomic mass is 32.1. The van der Waals surface area contributed by atoms with Crippen LogP contribution in [0, 0.1) is 5.92 Å². The molecular formula is C15H28N2O2S. The lowest BCUT2D eigenvalue weighted by Gasteiger charge is -2.19. The molecule has 5 heteroatoms. The molecule has 0 radical (unpaired) electrons. The molecule has 0 amide bonds. The van der Waals surface area contributed by atoms with E-state index in [0.717, 1.165) is 23.9 Å².